The van der Waals surface area contributed by atoms with E-state index in [1.807, 2.05) is 24.3 Å². The highest BCUT2D eigenvalue weighted by atomic mass is 16.5. The number of aryl methyl sites for hydroxylation is 1. The molecule has 2 aromatic carbocycles. The van der Waals surface area contributed by atoms with Crippen LogP contribution >= 0.6 is 0 Å². The van der Waals surface area contributed by atoms with Crippen LogP contribution in [0.3, 0.4) is 0 Å². The standard InChI is InChI=1S/C28H31N5O2/c1-4-5-23-17-31-18-25(32-23)33-26(30-2)24(16-29)21-8-6-19(7-9-21)20-10-12-22(13-11-20)28(14-15-28)27(34)35-3/h6-13,16-18H,4-5,14-15,29H2,1-3H3,(H,30,32,33). The average Bonchev–Trinajstić information content (AvgIpc) is 3.71. The van der Waals surface area contributed by atoms with Gasteiger partial charge in [0.2, 0.25) is 0 Å². The van der Waals surface area contributed by atoms with Gasteiger partial charge in [0.15, 0.2) is 0 Å². The number of hydrogen-bond donors (Lipinski definition) is 2. The maximum atomic E-state index is 12.2. The number of ether oxygens (including phenoxy) is 1. The molecule has 3 aromatic rings. The first-order chi connectivity index (χ1) is 17.0. The number of carbonyl (C=O) groups excluding carboxylic acids is 1. The lowest BCUT2D eigenvalue weighted by Crippen LogP contribution is -2.21. The molecule has 0 atom stereocenters. The Labute approximate surface area is 206 Å². The first-order valence-corrected chi connectivity index (χ1v) is 11.8. The summed E-state index contributed by atoms with van der Waals surface area (Å²) in [6, 6.07) is 16.3. The van der Waals surface area contributed by atoms with Crippen LogP contribution in [0.1, 0.15) is 43.0 Å². The van der Waals surface area contributed by atoms with Gasteiger partial charge in [-0.25, -0.2) is 4.98 Å². The monoisotopic (exact) mass is 469 g/mol. The summed E-state index contributed by atoms with van der Waals surface area (Å²) in [4.78, 5) is 25.4. The smallest absolute Gasteiger partial charge is 0.316 e. The fraction of sp³-hybridized carbons (Fsp3) is 0.286. The van der Waals surface area contributed by atoms with E-state index in [1.165, 1.54) is 7.11 Å². The van der Waals surface area contributed by atoms with E-state index in [1.54, 1.807) is 25.6 Å². The average molecular weight is 470 g/mol. The Morgan fingerprint density at radius 1 is 1.11 bits per heavy atom. The summed E-state index contributed by atoms with van der Waals surface area (Å²) in [5.41, 5.74) is 11.3. The molecule has 7 heteroatoms. The Kier molecular flexibility index (Phi) is 7.25. The summed E-state index contributed by atoms with van der Waals surface area (Å²) < 4.78 is 5.00. The van der Waals surface area contributed by atoms with Gasteiger partial charge in [0.05, 0.1) is 24.4 Å². The molecule has 1 aliphatic carbocycles. The van der Waals surface area contributed by atoms with Crippen LogP contribution in [-0.2, 0) is 21.4 Å². The highest BCUT2D eigenvalue weighted by Crippen LogP contribution is 2.49. The van der Waals surface area contributed by atoms with Crippen LogP contribution in [0.15, 0.2) is 72.1 Å². The number of amidine groups is 1. The minimum absolute atomic E-state index is 0.152. The molecule has 1 aromatic heterocycles. The van der Waals surface area contributed by atoms with Gasteiger partial charge >= 0.3 is 5.97 Å². The number of esters is 1. The SMILES string of the molecule is CCCc1cncc(NC(=NC)C(=CN)c2ccc(-c3ccc(C4(C(=O)OC)CC4)cc3)cc2)n1. The van der Waals surface area contributed by atoms with Crippen molar-refractivity contribution < 1.29 is 9.53 Å². The molecule has 1 saturated carbocycles. The fourth-order valence-corrected chi connectivity index (χ4v) is 4.28. The van der Waals surface area contributed by atoms with E-state index in [-0.39, 0.29) is 5.97 Å². The van der Waals surface area contributed by atoms with Gasteiger partial charge in [-0.2, -0.15) is 0 Å². The number of benzene rings is 2. The summed E-state index contributed by atoms with van der Waals surface area (Å²) in [5.74, 6) is 1.10. The first-order valence-electron chi connectivity index (χ1n) is 11.8. The van der Waals surface area contributed by atoms with Crippen LogP contribution in [0, 0.1) is 0 Å². The second-order valence-corrected chi connectivity index (χ2v) is 8.65. The molecular weight excluding hydrogens is 438 g/mol. The summed E-state index contributed by atoms with van der Waals surface area (Å²) >= 11 is 0. The van der Waals surface area contributed by atoms with Gasteiger partial charge in [-0.3, -0.25) is 14.8 Å². The molecule has 1 aliphatic rings. The quantitative estimate of drug-likeness (QED) is 0.281. The molecular formula is C28H31N5O2. The fourth-order valence-electron chi connectivity index (χ4n) is 4.28. The summed E-state index contributed by atoms with van der Waals surface area (Å²) in [7, 11) is 3.16. The van der Waals surface area contributed by atoms with Gasteiger partial charge in [0, 0.05) is 25.0 Å². The molecule has 0 aliphatic heterocycles. The third kappa shape index (κ3) is 5.09. The van der Waals surface area contributed by atoms with Crippen molar-refractivity contribution >= 4 is 23.2 Å². The number of anilines is 1. The molecule has 1 fully saturated rings. The van der Waals surface area contributed by atoms with Crippen molar-refractivity contribution in [2.45, 2.75) is 38.0 Å². The lowest BCUT2D eigenvalue weighted by atomic mass is 9.93. The van der Waals surface area contributed by atoms with Crippen molar-refractivity contribution in [1.82, 2.24) is 9.97 Å². The lowest BCUT2D eigenvalue weighted by Gasteiger charge is -2.14. The normalized spacial score (nSPS) is 14.9. The maximum absolute atomic E-state index is 12.2. The van der Waals surface area contributed by atoms with Crippen molar-refractivity contribution in [2.24, 2.45) is 10.7 Å². The Morgan fingerprint density at radius 2 is 1.77 bits per heavy atom. The van der Waals surface area contributed by atoms with Gasteiger partial charge < -0.3 is 15.8 Å². The van der Waals surface area contributed by atoms with Crippen molar-refractivity contribution in [3.05, 3.63) is 83.9 Å². The highest BCUT2D eigenvalue weighted by Gasteiger charge is 2.52. The van der Waals surface area contributed by atoms with Crippen LogP contribution in [0.25, 0.3) is 16.7 Å². The van der Waals surface area contributed by atoms with Crippen molar-refractivity contribution in [3.63, 3.8) is 0 Å². The Hall–Kier alpha value is -4.00. The van der Waals surface area contributed by atoms with Gasteiger partial charge in [-0.15, -0.1) is 0 Å². The zero-order valence-electron chi connectivity index (χ0n) is 20.4. The lowest BCUT2D eigenvalue weighted by molar-refractivity contribution is -0.143. The summed E-state index contributed by atoms with van der Waals surface area (Å²) in [6.07, 6.45) is 8.55. The maximum Gasteiger partial charge on any atom is 0.316 e. The van der Waals surface area contributed by atoms with Crippen LogP contribution in [0.5, 0.6) is 0 Å². The summed E-state index contributed by atoms with van der Waals surface area (Å²) in [6.45, 7) is 2.11. The number of aromatic nitrogens is 2. The number of nitrogens with zero attached hydrogens (tertiary/aromatic N) is 3. The van der Waals surface area contributed by atoms with Gasteiger partial charge in [-0.05, 0) is 41.5 Å². The Morgan fingerprint density at radius 3 is 2.31 bits per heavy atom. The molecule has 0 bridgehead atoms. The summed E-state index contributed by atoms with van der Waals surface area (Å²) in [5, 5.41) is 3.25. The van der Waals surface area contributed by atoms with Crippen LogP contribution in [0.2, 0.25) is 0 Å². The molecule has 3 N–H and O–H groups in total. The van der Waals surface area contributed by atoms with E-state index in [4.69, 9.17) is 10.5 Å². The molecule has 1 heterocycles. The van der Waals surface area contributed by atoms with E-state index < -0.39 is 5.41 Å². The molecule has 0 unspecified atom stereocenters. The molecule has 4 rings (SSSR count). The Bertz CT molecular complexity index is 1240. The first kappa shape index (κ1) is 24.1. The zero-order valence-corrected chi connectivity index (χ0v) is 20.4. The Balaban J connectivity index is 1.51. The molecule has 0 saturated heterocycles. The molecule has 35 heavy (non-hydrogen) atoms. The molecule has 7 nitrogen and oxygen atoms in total. The largest absolute Gasteiger partial charge is 0.468 e. The van der Waals surface area contributed by atoms with Crippen molar-refractivity contribution in [2.75, 3.05) is 19.5 Å². The minimum atomic E-state index is -0.457. The van der Waals surface area contributed by atoms with Crippen molar-refractivity contribution in [1.29, 1.82) is 0 Å². The number of methoxy groups -OCH3 is 1. The van der Waals surface area contributed by atoms with E-state index in [0.717, 1.165) is 59.2 Å². The molecule has 0 amide bonds. The molecule has 0 spiro atoms. The third-order valence-corrected chi connectivity index (χ3v) is 6.38. The third-order valence-electron chi connectivity index (χ3n) is 6.38. The van der Waals surface area contributed by atoms with E-state index in [9.17, 15) is 4.79 Å². The number of nitrogens with one attached hydrogen (secondary N) is 1. The molecule has 180 valence electrons. The van der Waals surface area contributed by atoms with Gasteiger partial charge in [0.25, 0.3) is 0 Å². The topological polar surface area (TPSA) is 102 Å². The predicted molar refractivity (Wildman–Crippen MR) is 140 cm³/mol. The highest BCUT2D eigenvalue weighted by molar-refractivity contribution is 6.28. The van der Waals surface area contributed by atoms with E-state index >= 15 is 0 Å². The van der Waals surface area contributed by atoms with Crippen LogP contribution < -0.4 is 11.1 Å². The van der Waals surface area contributed by atoms with Crippen LogP contribution in [0.4, 0.5) is 5.82 Å². The second-order valence-electron chi connectivity index (χ2n) is 8.65. The number of nitrogens with two attached hydrogens (primary N) is 1. The minimum Gasteiger partial charge on any atom is -0.468 e. The van der Waals surface area contributed by atoms with Gasteiger partial charge in [0.1, 0.15) is 11.7 Å². The number of hydrogen-bond acceptors (Lipinski definition) is 6. The van der Waals surface area contributed by atoms with E-state index in [2.05, 4.69) is 51.5 Å². The van der Waals surface area contributed by atoms with Crippen LogP contribution in [-0.4, -0.2) is 35.9 Å². The van der Waals surface area contributed by atoms with E-state index in [0.29, 0.717) is 11.7 Å². The number of rotatable bonds is 8. The number of carbonyl (C=O) groups is 1. The second kappa shape index (κ2) is 10.5. The predicted octanol–water partition coefficient (Wildman–Crippen LogP) is 4.74. The zero-order chi connectivity index (χ0) is 24.8. The number of aliphatic imine (C=N–C) groups is 1. The molecule has 0 radical (unpaired) electrons. The van der Waals surface area contributed by atoms with Crippen molar-refractivity contribution in [3.8, 4) is 11.1 Å². The van der Waals surface area contributed by atoms with Gasteiger partial charge in [-0.1, -0.05) is 61.9 Å².